The molecule has 3 aromatic rings. The van der Waals surface area contributed by atoms with Crippen LogP contribution in [0.2, 0.25) is 0 Å². The van der Waals surface area contributed by atoms with Crippen LogP contribution in [0.5, 0.6) is 0 Å². The summed E-state index contributed by atoms with van der Waals surface area (Å²) >= 11 is 1.53. The number of amides is 2. The van der Waals surface area contributed by atoms with Crippen molar-refractivity contribution in [3.8, 4) is 0 Å². The maximum Gasteiger partial charge on any atom is 0.317 e. The Hall–Kier alpha value is -2.41. The van der Waals surface area contributed by atoms with Crippen LogP contribution in [0.4, 0.5) is 9.18 Å². The molecule has 1 aromatic carbocycles. The highest BCUT2D eigenvalue weighted by molar-refractivity contribution is 7.09. The van der Waals surface area contributed by atoms with E-state index in [1.807, 2.05) is 19.2 Å². The molecule has 1 N–H and O–H groups in total. The van der Waals surface area contributed by atoms with Crippen LogP contribution in [-0.4, -0.2) is 23.0 Å². The number of fused-ring (bicyclic) bond motifs is 1. The van der Waals surface area contributed by atoms with Gasteiger partial charge in [0, 0.05) is 29.1 Å². The van der Waals surface area contributed by atoms with Crippen LogP contribution in [0.3, 0.4) is 0 Å². The van der Waals surface area contributed by atoms with Crippen molar-refractivity contribution in [1.82, 2.24) is 15.2 Å². The van der Waals surface area contributed by atoms with E-state index in [2.05, 4.69) is 10.3 Å². The molecular weight excluding hydrogens is 329 g/mol. The van der Waals surface area contributed by atoms with Crippen LogP contribution in [-0.2, 0) is 13.1 Å². The Bertz CT molecular complexity index is 887. The number of urea groups is 1. The van der Waals surface area contributed by atoms with Crippen molar-refractivity contribution in [3.05, 3.63) is 51.4 Å². The van der Waals surface area contributed by atoms with Gasteiger partial charge in [0.1, 0.15) is 22.2 Å². The Morgan fingerprint density at radius 2 is 2.21 bits per heavy atom. The van der Waals surface area contributed by atoms with Crippen molar-refractivity contribution in [2.75, 3.05) is 7.05 Å². The number of rotatable bonds is 4. The maximum atomic E-state index is 13.3. The fourth-order valence-corrected chi connectivity index (χ4v) is 3.28. The molecule has 0 saturated heterocycles. The molecule has 3 rings (SSSR count). The van der Waals surface area contributed by atoms with Gasteiger partial charge in [-0.05, 0) is 32.0 Å². The highest BCUT2D eigenvalue weighted by atomic mass is 32.1. The van der Waals surface area contributed by atoms with Gasteiger partial charge in [-0.3, -0.25) is 0 Å². The van der Waals surface area contributed by atoms with E-state index in [-0.39, 0.29) is 18.4 Å². The summed E-state index contributed by atoms with van der Waals surface area (Å²) in [5.41, 5.74) is 2.40. The van der Waals surface area contributed by atoms with Crippen LogP contribution in [0.1, 0.15) is 22.0 Å². The zero-order valence-electron chi connectivity index (χ0n) is 13.7. The lowest BCUT2D eigenvalue weighted by atomic mass is 10.1. The summed E-state index contributed by atoms with van der Waals surface area (Å²) in [7, 11) is 1.72. The van der Waals surface area contributed by atoms with Gasteiger partial charge in [0.05, 0.1) is 13.1 Å². The Kier molecular flexibility index (Phi) is 4.53. The number of furan rings is 1. The summed E-state index contributed by atoms with van der Waals surface area (Å²) in [6.07, 6.45) is 0. The van der Waals surface area contributed by atoms with Crippen LogP contribution in [0.25, 0.3) is 11.0 Å². The molecule has 0 radical (unpaired) electrons. The summed E-state index contributed by atoms with van der Waals surface area (Å²) in [4.78, 5) is 18.1. The van der Waals surface area contributed by atoms with Gasteiger partial charge in [-0.2, -0.15) is 0 Å². The zero-order chi connectivity index (χ0) is 17.3. The van der Waals surface area contributed by atoms with Crippen molar-refractivity contribution in [3.63, 3.8) is 0 Å². The lowest BCUT2D eigenvalue weighted by Crippen LogP contribution is -2.36. The van der Waals surface area contributed by atoms with E-state index in [0.717, 1.165) is 21.7 Å². The standard InChI is InChI=1S/C17H18FN3O2S/c1-10-9-24-16(20-10)8-21(3)17(22)19-7-15-11(2)13-6-12(18)4-5-14(13)23-15/h4-6,9H,7-8H2,1-3H3,(H,19,22). The fourth-order valence-electron chi connectivity index (χ4n) is 2.45. The Morgan fingerprint density at radius 3 is 2.92 bits per heavy atom. The molecule has 2 amide bonds. The molecule has 0 aliphatic carbocycles. The van der Waals surface area contributed by atoms with Crippen molar-refractivity contribution < 1.29 is 13.6 Å². The normalized spacial score (nSPS) is 11.0. The molecule has 0 saturated carbocycles. The van der Waals surface area contributed by atoms with Gasteiger partial charge in [0.15, 0.2) is 0 Å². The first-order valence-corrected chi connectivity index (χ1v) is 8.39. The molecule has 0 aliphatic heterocycles. The molecule has 24 heavy (non-hydrogen) atoms. The van der Waals surface area contributed by atoms with E-state index in [1.54, 1.807) is 18.0 Å². The molecule has 0 spiro atoms. The number of hydrogen-bond acceptors (Lipinski definition) is 4. The first-order valence-electron chi connectivity index (χ1n) is 7.51. The zero-order valence-corrected chi connectivity index (χ0v) is 14.5. The van der Waals surface area contributed by atoms with E-state index >= 15 is 0 Å². The SMILES string of the molecule is Cc1csc(CN(C)C(=O)NCc2oc3ccc(F)cc3c2C)n1. The van der Waals surface area contributed by atoms with Gasteiger partial charge in [0.2, 0.25) is 0 Å². The summed E-state index contributed by atoms with van der Waals surface area (Å²) in [6.45, 7) is 4.49. The second-order valence-corrected chi connectivity index (χ2v) is 6.63. The summed E-state index contributed by atoms with van der Waals surface area (Å²) in [5, 5.41) is 6.39. The predicted molar refractivity (Wildman–Crippen MR) is 91.5 cm³/mol. The Balaban J connectivity index is 1.64. The number of nitrogens with zero attached hydrogens (tertiary/aromatic N) is 2. The van der Waals surface area contributed by atoms with E-state index in [0.29, 0.717) is 17.9 Å². The second kappa shape index (κ2) is 6.60. The molecule has 0 unspecified atom stereocenters. The molecular formula is C17H18FN3O2S. The van der Waals surface area contributed by atoms with Crippen LogP contribution < -0.4 is 5.32 Å². The third kappa shape index (κ3) is 3.41. The number of hydrogen-bond donors (Lipinski definition) is 1. The van der Waals surface area contributed by atoms with Gasteiger partial charge in [-0.1, -0.05) is 0 Å². The molecule has 5 nitrogen and oxygen atoms in total. The Labute approximate surface area is 143 Å². The topological polar surface area (TPSA) is 58.4 Å². The first-order chi connectivity index (χ1) is 11.4. The molecule has 7 heteroatoms. The minimum absolute atomic E-state index is 0.214. The number of carbonyl (C=O) groups excluding carboxylic acids is 1. The van der Waals surface area contributed by atoms with Crippen LogP contribution in [0, 0.1) is 19.7 Å². The van der Waals surface area contributed by atoms with Crippen LogP contribution in [0.15, 0.2) is 28.0 Å². The number of halogens is 1. The van der Waals surface area contributed by atoms with E-state index < -0.39 is 0 Å². The number of thiazole rings is 1. The lowest BCUT2D eigenvalue weighted by Gasteiger charge is -2.16. The highest BCUT2D eigenvalue weighted by Crippen LogP contribution is 2.25. The Morgan fingerprint density at radius 1 is 1.42 bits per heavy atom. The van der Waals surface area contributed by atoms with Gasteiger partial charge in [-0.15, -0.1) is 11.3 Å². The van der Waals surface area contributed by atoms with E-state index in [9.17, 15) is 9.18 Å². The molecule has 0 atom stereocenters. The van der Waals surface area contributed by atoms with E-state index in [1.165, 1.54) is 23.5 Å². The minimum atomic E-state index is -0.305. The molecule has 126 valence electrons. The second-order valence-electron chi connectivity index (χ2n) is 5.69. The summed E-state index contributed by atoms with van der Waals surface area (Å²) in [6, 6.07) is 4.18. The quantitative estimate of drug-likeness (QED) is 0.776. The number of aromatic nitrogens is 1. The minimum Gasteiger partial charge on any atom is -0.459 e. The van der Waals surface area contributed by atoms with Crippen molar-refractivity contribution >= 4 is 28.3 Å². The third-order valence-corrected chi connectivity index (χ3v) is 4.73. The monoisotopic (exact) mass is 347 g/mol. The smallest absolute Gasteiger partial charge is 0.317 e. The molecule has 2 heterocycles. The van der Waals surface area contributed by atoms with Crippen LogP contribution >= 0.6 is 11.3 Å². The molecule has 0 fully saturated rings. The molecule has 0 bridgehead atoms. The van der Waals surface area contributed by atoms with Crippen molar-refractivity contribution in [2.24, 2.45) is 0 Å². The largest absolute Gasteiger partial charge is 0.459 e. The number of nitrogens with one attached hydrogen (secondary N) is 1. The highest BCUT2D eigenvalue weighted by Gasteiger charge is 2.15. The van der Waals surface area contributed by atoms with E-state index in [4.69, 9.17) is 4.42 Å². The molecule has 0 aliphatic rings. The third-order valence-electron chi connectivity index (χ3n) is 3.78. The van der Waals surface area contributed by atoms with Gasteiger partial charge < -0.3 is 14.6 Å². The van der Waals surface area contributed by atoms with Gasteiger partial charge in [0.25, 0.3) is 0 Å². The average molecular weight is 347 g/mol. The van der Waals surface area contributed by atoms with Crippen molar-refractivity contribution in [1.29, 1.82) is 0 Å². The average Bonchev–Trinajstić information content (AvgIpc) is 3.09. The summed E-state index contributed by atoms with van der Waals surface area (Å²) in [5.74, 6) is 0.322. The van der Waals surface area contributed by atoms with Gasteiger partial charge >= 0.3 is 6.03 Å². The predicted octanol–water partition coefficient (Wildman–Crippen LogP) is 3.99. The maximum absolute atomic E-state index is 13.3. The first kappa shape index (κ1) is 16.4. The number of benzene rings is 1. The van der Waals surface area contributed by atoms with Crippen molar-refractivity contribution in [2.45, 2.75) is 26.9 Å². The summed E-state index contributed by atoms with van der Waals surface area (Å²) < 4.78 is 19.0. The molecule has 2 aromatic heterocycles. The number of aryl methyl sites for hydroxylation is 2. The fraction of sp³-hybridized carbons (Fsp3) is 0.294. The van der Waals surface area contributed by atoms with Gasteiger partial charge in [-0.25, -0.2) is 14.2 Å². The lowest BCUT2D eigenvalue weighted by molar-refractivity contribution is 0.205. The number of carbonyl (C=O) groups is 1.